The first-order valence-electron chi connectivity index (χ1n) is 10.3. The molecule has 31 heavy (non-hydrogen) atoms. The van der Waals surface area contributed by atoms with E-state index in [2.05, 4.69) is 20.8 Å². The molecular weight excluding hydrogens is 396 g/mol. The zero-order valence-corrected chi connectivity index (χ0v) is 17.2. The number of rotatable bonds is 8. The van der Waals surface area contributed by atoms with Crippen molar-refractivity contribution in [2.24, 2.45) is 0 Å². The molecule has 1 saturated heterocycles. The first-order chi connectivity index (χ1) is 15.0. The number of carbonyl (C=O) groups excluding carboxylic acids is 3. The van der Waals surface area contributed by atoms with Crippen LogP contribution >= 0.6 is 0 Å². The molecule has 160 valence electrons. The summed E-state index contributed by atoms with van der Waals surface area (Å²) in [6.07, 6.45) is 2.79. The number of hydrogen-bond acceptors (Lipinski definition) is 5. The van der Waals surface area contributed by atoms with Crippen LogP contribution in [0, 0.1) is 0 Å². The van der Waals surface area contributed by atoms with E-state index in [1.807, 2.05) is 66.1 Å². The molecule has 0 bridgehead atoms. The zero-order valence-electron chi connectivity index (χ0n) is 17.2. The van der Waals surface area contributed by atoms with Gasteiger partial charge < -0.3 is 10.6 Å². The predicted octanol–water partition coefficient (Wildman–Crippen LogP) is 1.85. The van der Waals surface area contributed by atoms with E-state index in [4.69, 9.17) is 0 Å². The smallest absolute Gasteiger partial charge is 0.324 e. The van der Waals surface area contributed by atoms with Crippen molar-refractivity contribution >= 4 is 23.5 Å². The van der Waals surface area contributed by atoms with Gasteiger partial charge in [0.25, 0.3) is 5.91 Å². The molecule has 4 amide bonds. The zero-order chi connectivity index (χ0) is 21.8. The highest BCUT2D eigenvalue weighted by Gasteiger charge is 2.37. The Bertz CT molecular complexity index is 1100. The molecule has 4 rings (SSSR count). The third-order valence-corrected chi connectivity index (χ3v) is 5.34. The molecule has 3 aromatic rings. The van der Waals surface area contributed by atoms with E-state index in [0.717, 1.165) is 5.56 Å². The molecule has 1 aromatic carbocycles. The van der Waals surface area contributed by atoms with E-state index in [1.54, 1.807) is 0 Å². The molecular formula is C22H24N6O3. The second-order valence-electron chi connectivity index (χ2n) is 7.54. The van der Waals surface area contributed by atoms with Crippen LogP contribution in [-0.2, 0) is 16.0 Å². The van der Waals surface area contributed by atoms with Gasteiger partial charge in [-0.1, -0.05) is 36.4 Å². The van der Waals surface area contributed by atoms with Crippen molar-refractivity contribution in [3.63, 3.8) is 0 Å². The average molecular weight is 420 g/mol. The molecule has 0 unspecified atom stereocenters. The fourth-order valence-corrected chi connectivity index (χ4v) is 3.68. The van der Waals surface area contributed by atoms with Gasteiger partial charge in [0, 0.05) is 19.2 Å². The molecule has 2 atom stereocenters. The van der Waals surface area contributed by atoms with Crippen LogP contribution in [0.1, 0.15) is 37.2 Å². The van der Waals surface area contributed by atoms with Gasteiger partial charge in [0.2, 0.25) is 5.91 Å². The Morgan fingerprint density at radius 3 is 2.71 bits per heavy atom. The van der Waals surface area contributed by atoms with Crippen molar-refractivity contribution in [1.29, 1.82) is 0 Å². The van der Waals surface area contributed by atoms with Crippen LogP contribution in [0.2, 0.25) is 0 Å². The molecule has 1 aliphatic heterocycles. The molecule has 9 heteroatoms. The maximum absolute atomic E-state index is 12.6. The molecule has 2 N–H and O–H groups in total. The number of imide groups is 1. The largest absolute Gasteiger partial charge is 0.346 e. The summed E-state index contributed by atoms with van der Waals surface area (Å²) in [5, 5.41) is 13.8. The number of benzene rings is 1. The first kappa shape index (κ1) is 20.5. The average Bonchev–Trinajstić information content (AvgIpc) is 3.32. The second-order valence-corrected chi connectivity index (χ2v) is 7.54. The number of hydrogen-bond donors (Lipinski definition) is 2. The van der Waals surface area contributed by atoms with Gasteiger partial charge in [0.1, 0.15) is 6.04 Å². The van der Waals surface area contributed by atoms with Gasteiger partial charge in [0.15, 0.2) is 11.5 Å². The second kappa shape index (κ2) is 8.95. The monoisotopic (exact) mass is 420 g/mol. The maximum Gasteiger partial charge on any atom is 0.324 e. The third kappa shape index (κ3) is 4.55. The van der Waals surface area contributed by atoms with Crippen LogP contribution < -0.4 is 10.6 Å². The Labute approximate surface area is 179 Å². The predicted molar refractivity (Wildman–Crippen MR) is 113 cm³/mol. The minimum absolute atomic E-state index is 0.115. The van der Waals surface area contributed by atoms with Crippen molar-refractivity contribution in [3.8, 4) is 0 Å². The SMILES string of the molecule is C[C@@H](NC(=O)CC[C@@H]1NC(=O)N(CCc2ccccc2)C1=O)c1nnc2ccccn12. The fraction of sp³-hybridized carbons (Fsp3) is 0.318. The van der Waals surface area contributed by atoms with E-state index in [9.17, 15) is 14.4 Å². The highest BCUT2D eigenvalue weighted by atomic mass is 16.2. The molecule has 1 aliphatic rings. The number of urea groups is 1. The highest BCUT2D eigenvalue weighted by molar-refractivity contribution is 6.04. The van der Waals surface area contributed by atoms with Gasteiger partial charge in [-0.3, -0.25) is 18.9 Å². The Kier molecular flexibility index (Phi) is 5.92. The third-order valence-electron chi connectivity index (χ3n) is 5.34. The standard InChI is InChI=1S/C22H24N6O3/c1-15(20-26-25-18-9-5-6-13-27(18)20)23-19(29)11-10-17-21(30)28(22(31)24-17)14-12-16-7-3-2-4-8-16/h2-9,13,15,17H,10-12,14H2,1H3,(H,23,29)(H,24,31)/t15-,17+/m1/s1. The van der Waals surface area contributed by atoms with Gasteiger partial charge in [-0.2, -0.15) is 0 Å². The molecule has 0 aliphatic carbocycles. The van der Waals surface area contributed by atoms with Crippen LogP contribution in [0.3, 0.4) is 0 Å². The Morgan fingerprint density at radius 1 is 1.13 bits per heavy atom. The lowest BCUT2D eigenvalue weighted by Gasteiger charge is -2.14. The van der Waals surface area contributed by atoms with Crippen LogP contribution in [-0.4, -0.2) is 49.9 Å². The Hall–Kier alpha value is -3.75. The Balaban J connectivity index is 1.28. The van der Waals surface area contributed by atoms with E-state index < -0.39 is 12.1 Å². The molecule has 1 fully saturated rings. The summed E-state index contributed by atoms with van der Waals surface area (Å²) in [6, 6.07) is 13.8. The van der Waals surface area contributed by atoms with Gasteiger partial charge in [-0.05, 0) is 37.5 Å². The van der Waals surface area contributed by atoms with Gasteiger partial charge in [0.05, 0.1) is 6.04 Å². The number of pyridine rings is 1. The summed E-state index contributed by atoms with van der Waals surface area (Å²) < 4.78 is 1.82. The van der Waals surface area contributed by atoms with E-state index in [0.29, 0.717) is 24.4 Å². The maximum atomic E-state index is 12.6. The number of nitrogens with one attached hydrogen (secondary N) is 2. The van der Waals surface area contributed by atoms with E-state index in [-0.39, 0.29) is 30.7 Å². The van der Waals surface area contributed by atoms with Gasteiger partial charge in [-0.15, -0.1) is 10.2 Å². The topological polar surface area (TPSA) is 109 Å². The number of fused-ring (bicyclic) bond motifs is 1. The van der Waals surface area contributed by atoms with Crippen LogP contribution in [0.4, 0.5) is 4.79 Å². The normalized spacial score (nSPS) is 17.1. The first-order valence-corrected chi connectivity index (χ1v) is 10.3. The van der Waals surface area contributed by atoms with Crippen LogP contribution in [0.15, 0.2) is 54.7 Å². The number of carbonyl (C=O) groups is 3. The molecule has 2 aromatic heterocycles. The molecule has 3 heterocycles. The molecule has 9 nitrogen and oxygen atoms in total. The van der Waals surface area contributed by atoms with Gasteiger partial charge >= 0.3 is 6.03 Å². The minimum Gasteiger partial charge on any atom is -0.346 e. The lowest BCUT2D eigenvalue weighted by molar-refractivity contribution is -0.127. The van der Waals surface area contributed by atoms with Gasteiger partial charge in [-0.25, -0.2) is 4.79 Å². The minimum atomic E-state index is -0.682. The van der Waals surface area contributed by atoms with E-state index in [1.165, 1.54) is 4.90 Å². The molecule has 0 spiro atoms. The summed E-state index contributed by atoms with van der Waals surface area (Å²) >= 11 is 0. The summed E-state index contributed by atoms with van der Waals surface area (Å²) in [5.41, 5.74) is 1.76. The van der Waals surface area contributed by atoms with Crippen molar-refractivity contribution < 1.29 is 14.4 Å². The number of nitrogens with zero attached hydrogens (tertiary/aromatic N) is 4. The fourth-order valence-electron chi connectivity index (χ4n) is 3.68. The lowest BCUT2D eigenvalue weighted by atomic mass is 10.1. The number of aromatic nitrogens is 3. The quantitative estimate of drug-likeness (QED) is 0.541. The molecule has 0 radical (unpaired) electrons. The van der Waals surface area contributed by atoms with Crippen molar-refractivity contribution in [1.82, 2.24) is 30.1 Å². The van der Waals surface area contributed by atoms with Crippen molar-refractivity contribution in [2.75, 3.05) is 6.54 Å². The molecule has 0 saturated carbocycles. The Morgan fingerprint density at radius 2 is 1.90 bits per heavy atom. The summed E-state index contributed by atoms with van der Waals surface area (Å²) in [4.78, 5) is 38.4. The van der Waals surface area contributed by atoms with Crippen LogP contribution in [0.25, 0.3) is 5.65 Å². The van der Waals surface area contributed by atoms with E-state index >= 15 is 0 Å². The summed E-state index contributed by atoms with van der Waals surface area (Å²) in [5.74, 6) is 0.122. The van der Waals surface area contributed by atoms with Crippen molar-refractivity contribution in [2.45, 2.75) is 38.3 Å². The van der Waals surface area contributed by atoms with Crippen LogP contribution in [0.5, 0.6) is 0 Å². The number of amides is 4. The van der Waals surface area contributed by atoms with Crippen molar-refractivity contribution in [3.05, 3.63) is 66.1 Å². The summed E-state index contributed by atoms with van der Waals surface area (Å²) in [6.45, 7) is 2.14. The lowest BCUT2D eigenvalue weighted by Crippen LogP contribution is -2.34. The summed E-state index contributed by atoms with van der Waals surface area (Å²) in [7, 11) is 0. The highest BCUT2D eigenvalue weighted by Crippen LogP contribution is 2.15.